The minimum Gasteiger partial charge on any atom is -0.478 e. The van der Waals surface area contributed by atoms with Crippen LogP contribution in [0.3, 0.4) is 0 Å². The van der Waals surface area contributed by atoms with Crippen LogP contribution >= 0.6 is 0 Å². The predicted molar refractivity (Wildman–Crippen MR) is 77.3 cm³/mol. The SMILES string of the molecule is Cc1cc(C(=O)O)cnc1N1CCC2CCC(C1)N2C. The molecule has 20 heavy (non-hydrogen) atoms. The fourth-order valence-corrected chi connectivity index (χ4v) is 3.52. The van der Waals surface area contributed by atoms with Crippen LogP contribution in [0.25, 0.3) is 0 Å². The van der Waals surface area contributed by atoms with Gasteiger partial charge < -0.3 is 10.0 Å². The summed E-state index contributed by atoms with van der Waals surface area (Å²) < 4.78 is 0. The van der Waals surface area contributed by atoms with Crippen molar-refractivity contribution in [1.29, 1.82) is 0 Å². The number of pyridine rings is 1. The Hall–Kier alpha value is -1.62. The van der Waals surface area contributed by atoms with Crippen molar-refractivity contribution in [3.63, 3.8) is 0 Å². The number of likely N-dealkylation sites (N-methyl/N-ethyl adjacent to an activating group) is 1. The Bertz CT molecular complexity index is 532. The highest BCUT2D eigenvalue weighted by molar-refractivity contribution is 5.87. The zero-order chi connectivity index (χ0) is 14.3. The van der Waals surface area contributed by atoms with Crippen LogP contribution in [0.4, 0.5) is 5.82 Å². The first-order chi connectivity index (χ1) is 9.56. The van der Waals surface area contributed by atoms with Crippen molar-refractivity contribution in [2.24, 2.45) is 0 Å². The summed E-state index contributed by atoms with van der Waals surface area (Å²) >= 11 is 0. The van der Waals surface area contributed by atoms with Crippen molar-refractivity contribution in [1.82, 2.24) is 9.88 Å². The van der Waals surface area contributed by atoms with Gasteiger partial charge in [-0.15, -0.1) is 0 Å². The van der Waals surface area contributed by atoms with Gasteiger partial charge in [0.15, 0.2) is 0 Å². The molecule has 1 aromatic rings. The number of aromatic nitrogens is 1. The van der Waals surface area contributed by atoms with Gasteiger partial charge in [-0.2, -0.15) is 0 Å². The molecule has 0 radical (unpaired) electrons. The molecule has 2 unspecified atom stereocenters. The number of anilines is 1. The van der Waals surface area contributed by atoms with Gasteiger partial charge in [0, 0.05) is 31.4 Å². The quantitative estimate of drug-likeness (QED) is 0.891. The van der Waals surface area contributed by atoms with Crippen molar-refractivity contribution in [2.45, 2.75) is 38.3 Å². The summed E-state index contributed by atoms with van der Waals surface area (Å²) in [6, 6.07) is 3.02. The summed E-state index contributed by atoms with van der Waals surface area (Å²) in [6.07, 6.45) is 5.19. The first kappa shape index (κ1) is 13.4. The Morgan fingerprint density at radius 1 is 1.35 bits per heavy atom. The third-order valence-corrected chi connectivity index (χ3v) is 4.75. The molecular weight excluding hydrogens is 254 g/mol. The van der Waals surface area contributed by atoms with Crippen LogP contribution in [-0.4, -0.2) is 53.2 Å². The van der Waals surface area contributed by atoms with Crippen LogP contribution in [0.15, 0.2) is 12.3 Å². The van der Waals surface area contributed by atoms with Crippen LogP contribution in [0, 0.1) is 6.92 Å². The van der Waals surface area contributed by atoms with E-state index in [1.165, 1.54) is 19.0 Å². The molecule has 2 bridgehead atoms. The summed E-state index contributed by atoms with van der Waals surface area (Å²) in [5.74, 6) is 0.0257. The monoisotopic (exact) mass is 275 g/mol. The molecule has 5 nitrogen and oxygen atoms in total. The third-order valence-electron chi connectivity index (χ3n) is 4.75. The molecule has 2 aliphatic rings. The second-order valence-corrected chi connectivity index (χ2v) is 5.95. The molecule has 2 atom stereocenters. The molecule has 108 valence electrons. The lowest BCUT2D eigenvalue weighted by molar-refractivity contribution is 0.0696. The summed E-state index contributed by atoms with van der Waals surface area (Å²) in [4.78, 5) is 20.2. The molecule has 1 aromatic heterocycles. The van der Waals surface area contributed by atoms with Gasteiger partial charge in [-0.25, -0.2) is 9.78 Å². The minimum atomic E-state index is -0.915. The lowest BCUT2D eigenvalue weighted by Crippen LogP contribution is -2.37. The maximum absolute atomic E-state index is 11.0. The first-order valence-corrected chi connectivity index (χ1v) is 7.23. The summed E-state index contributed by atoms with van der Waals surface area (Å²) in [5, 5.41) is 9.02. The second kappa shape index (κ2) is 5.05. The molecule has 3 heterocycles. The zero-order valence-electron chi connectivity index (χ0n) is 12.0. The number of carboxylic acid groups (broad SMARTS) is 1. The minimum absolute atomic E-state index is 0.264. The average Bonchev–Trinajstić information content (AvgIpc) is 2.64. The third kappa shape index (κ3) is 2.26. The number of hydrogen-bond donors (Lipinski definition) is 1. The highest BCUT2D eigenvalue weighted by Gasteiger charge is 2.35. The molecule has 2 saturated heterocycles. The Morgan fingerprint density at radius 2 is 2.10 bits per heavy atom. The van der Waals surface area contributed by atoms with Crippen LogP contribution in [0.2, 0.25) is 0 Å². The van der Waals surface area contributed by atoms with E-state index in [0.717, 1.165) is 30.9 Å². The molecule has 5 heteroatoms. The number of hydrogen-bond acceptors (Lipinski definition) is 4. The standard InChI is InChI=1S/C15H21N3O2/c1-10-7-11(15(19)20)8-16-14(10)18-6-5-12-3-4-13(9-18)17(12)2/h7-8,12-13H,3-6,9H2,1-2H3,(H,19,20). The fraction of sp³-hybridized carbons (Fsp3) is 0.600. The topological polar surface area (TPSA) is 56.7 Å². The number of aryl methyl sites for hydroxylation is 1. The predicted octanol–water partition coefficient (Wildman–Crippen LogP) is 1.76. The van der Waals surface area contributed by atoms with Gasteiger partial charge in [-0.1, -0.05) is 0 Å². The van der Waals surface area contributed by atoms with E-state index in [1.54, 1.807) is 6.07 Å². The van der Waals surface area contributed by atoms with Crippen molar-refractivity contribution in [3.8, 4) is 0 Å². The van der Waals surface area contributed by atoms with E-state index in [0.29, 0.717) is 12.1 Å². The first-order valence-electron chi connectivity index (χ1n) is 7.23. The molecular formula is C15H21N3O2. The van der Waals surface area contributed by atoms with E-state index >= 15 is 0 Å². The zero-order valence-corrected chi connectivity index (χ0v) is 12.0. The van der Waals surface area contributed by atoms with Gasteiger partial charge in [-0.3, -0.25) is 4.90 Å². The van der Waals surface area contributed by atoms with Crippen LogP contribution < -0.4 is 4.90 Å². The maximum Gasteiger partial charge on any atom is 0.337 e. The van der Waals surface area contributed by atoms with Crippen molar-refractivity contribution in [2.75, 3.05) is 25.0 Å². The smallest absolute Gasteiger partial charge is 0.337 e. The van der Waals surface area contributed by atoms with Gasteiger partial charge in [0.2, 0.25) is 0 Å². The van der Waals surface area contributed by atoms with E-state index in [-0.39, 0.29) is 5.56 Å². The van der Waals surface area contributed by atoms with E-state index in [4.69, 9.17) is 5.11 Å². The number of aromatic carboxylic acids is 1. The number of rotatable bonds is 2. The Labute approximate surface area is 119 Å². The lowest BCUT2D eigenvalue weighted by atomic mass is 10.1. The van der Waals surface area contributed by atoms with E-state index in [1.807, 2.05) is 6.92 Å². The van der Waals surface area contributed by atoms with Crippen LogP contribution in [-0.2, 0) is 0 Å². The fourth-order valence-electron chi connectivity index (χ4n) is 3.52. The number of fused-ring (bicyclic) bond motifs is 2. The summed E-state index contributed by atoms with van der Waals surface area (Å²) in [7, 11) is 2.22. The van der Waals surface area contributed by atoms with Crippen LogP contribution in [0.1, 0.15) is 35.2 Å². The lowest BCUT2D eigenvalue weighted by Gasteiger charge is -2.27. The van der Waals surface area contributed by atoms with Gasteiger partial charge >= 0.3 is 5.97 Å². The maximum atomic E-state index is 11.0. The van der Waals surface area contributed by atoms with Crippen molar-refractivity contribution >= 4 is 11.8 Å². The van der Waals surface area contributed by atoms with Gasteiger partial charge in [0.1, 0.15) is 5.82 Å². The molecule has 0 aliphatic carbocycles. The number of carboxylic acids is 1. The molecule has 1 N–H and O–H groups in total. The van der Waals surface area contributed by atoms with Crippen LogP contribution in [0.5, 0.6) is 0 Å². The van der Waals surface area contributed by atoms with E-state index in [2.05, 4.69) is 21.8 Å². The van der Waals surface area contributed by atoms with E-state index < -0.39 is 5.97 Å². The van der Waals surface area contributed by atoms with E-state index in [9.17, 15) is 4.79 Å². The Morgan fingerprint density at radius 3 is 2.80 bits per heavy atom. The molecule has 3 rings (SSSR count). The second-order valence-electron chi connectivity index (χ2n) is 5.95. The van der Waals surface area contributed by atoms with Gasteiger partial charge in [0.05, 0.1) is 5.56 Å². The summed E-state index contributed by atoms with van der Waals surface area (Å²) in [5.41, 5.74) is 1.21. The number of carbonyl (C=O) groups is 1. The molecule has 2 fully saturated rings. The molecule has 2 aliphatic heterocycles. The average molecular weight is 275 g/mol. The van der Waals surface area contributed by atoms with Gasteiger partial charge in [-0.05, 0) is 44.9 Å². The normalized spacial score (nSPS) is 26.6. The van der Waals surface area contributed by atoms with Crippen molar-refractivity contribution < 1.29 is 9.90 Å². The molecule has 0 saturated carbocycles. The summed E-state index contributed by atoms with van der Waals surface area (Å²) in [6.45, 7) is 3.95. The van der Waals surface area contributed by atoms with Gasteiger partial charge in [0.25, 0.3) is 0 Å². The highest BCUT2D eigenvalue weighted by Crippen LogP contribution is 2.31. The Balaban J connectivity index is 1.84. The number of nitrogens with zero attached hydrogens (tertiary/aromatic N) is 3. The highest BCUT2D eigenvalue weighted by atomic mass is 16.4. The molecule has 0 aromatic carbocycles. The molecule has 0 amide bonds. The Kier molecular flexibility index (Phi) is 3.38. The van der Waals surface area contributed by atoms with Crippen molar-refractivity contribution in [3.05, 3.63) is 23.4 Å². The largest absolute Gasteiger partial charge is 0.478 e. The molecule has 0 spiro atoms.